The molecule has 1 saturated heterocycles. The standard InChI is InChI=1S/C18H24N4O2S2.ClH/c1-11-17(15-5-4-14(26-15)10-20-12(2)23)22-18(25-11)21-16(24)6-3-13-7-8-19-9-13;/h4-5,13,19H,3,6-10H2,1-2H3,(H,20,23)(H,21,22,24);1H. The van der Waals surface area contributed by atoms with Gasteiger partial charge in [0.05, 0.1) is 17.1 Å². The zero-order chi connectivity index (χ0) is 18.5. The third-order valence-electron chi connectivity index (χ3n) is 4.39. The zero-order valence-electron chi connectivity index (χ0n) is 15.5. The molecule has 148 valence electrons. The minimum Gasteiger partial charge on any atom is -0.351 e. The number of hydrogen-bond acceptors (Lipinski definition) is 6. The second-order valence-corrected chi connectivity index (χ2v) is 8.92. The van der Waals surface area contributed by atoms with E-state index in [0.717, 1.165) is 46.3 Å². The van der Waals surface area contributed by atoms with Crippen LogP contribution in [0.3, 0.4) is 0 Å². The first-order valence-electron chi connectivity index (χ1n) is 8.83. The van der Waals surface area contributed by atoms with E-state index in [4.69, 9.17) is 0 Å². The molecule has 1 atom stereocenters. The van der Waals surface area contributed by atoms with Crippen LogP contribution in [-0.4, -0.2) is 29.9 Å². The highest BCUT2D eigenvalue weighted by atomic mass is 35.5. The van der Waals surface area contributed by atoms with Crippen LogP contribution in [0.25, 0.3) is 10.6 Å². The van der Waals surface area contributed by atoms with Crippen molar-refractivity contribution in [3.05, 3.63) is 21.9 Å². The molecule has 2 aromatic heterocycles. The fourth-order valence-electron chi connectivity index (χ4n) is 2.97. The van der Waals surface area contributed by atoms with E-state index in [-0.39, 0.29) is 24.2 Å². The van der Waals surface area contributed by atoms with Gasteiger partial charge in [-0.05, 0) is 50.9 Å². The molecule has 27 heavy (non-hydrogen) atoms. The summed E-state index contributed by atoms with van der Waals surface area (Å²) in [7, 11) is 0. The molecule has 2 aromatic rings. The molecule has 0 saturated carbocycles. The van der Waals surface area contributed by atoms with Crippen molar-refractivity contribution in [3.63, 3.8) is 0 Å². The predicted octanol–water partition coefficient (Wildman–Crippen LogP) is 3.57. The second-order valence-electron chi connectivity index (χ2n) is 6.55. The van der Waals surface area contributed by atoms with Crippen molar-refractivity contribution >= 4 is 52.0 Å². The van der Waals surface area contributed by atoms with Gasteiger partial charge >= 0.3 is 0 Å². The number of carbonyl (C=O) groups excluding carboxylic acids is 2. The monoisotopic (exact) mass is 428 g/mol. The molecule has 1 aliphatic heterocycles. The van der Waals surface area contributed by atoms with Crippen LogP contribution in [0.5, 0.6) is 0 Å². The number of anilines is 1. The molecular formula is C18H25ClN4O2S2. The van der Waals surface area contributed by atoms with E-state index in [1.165, 1.54) is 18.3 Å². The van der Waals surface area contributed by atoms with Gasteiger partial charge < -0.3 is 16.0 Å². The fraction of sp³-hybridized carbons (Fsp3) is 0.500. The van der Waals surface area contributed by atoms with Crippen LogP contribution in [0.15, 0.2) is 12.1 Å². The van der Waals surface area contributed by atoms with Crippen LogP contribution in [0.2, 0.25) is 0 Å². The number of amides is 2. The summed E-state index contributed by atoms with van der Waals surface area (Å²) < 4.78 is 0. The molecule has 3 heterocycles. The van der Waals surface area contributed by atoms with Gasteiger partial charge in [0.25, 0.3) is 0 Å². The van der Waals surface area contributed by atoms with E-state index in [1.54, 1.807) is 11.3 Å². The van der Waals surface area contributed by atoms with Gasteiger partial charge in [0, 0.05) is 23.1 Å². The fourth-order valence-corrected chi connectivity index (χ4v) is 4.87. The molecular weight excluding hydrogens is 404 g/mol. The first-order chi connectivity index (χ1) is 12.5. The summed E-state index contributed by atoms with van der Waals surface area (Å²) in [5.74, 6) is 0.611. The van der Waals surface area contributed by atoms with Gasteiger partial charge in [-0.2, -0.15) is 0 Å². The molecule has 0 bridgehead atoms. The average Bonchev–Trinajstić information content (AvgIpc) is 3.32. The van der Waals surface area contributed by atoms with Gasteiger partial charge in [-0.1, -0.05) is 0 Å². The van der Waals surface area contributed by atoms with E-state index in [9.17, 15) is 9.59 Å². The van der Waals surface area contributed by atoms with E-state index in [1.807, 2.05) is 19.1 Å². The Kier molecular flexibility index (Phi) is 8.22. The van der Waals surface area contributed by atoms with E-state index >= 15 is 0 Å². The highest BCUT2D eigenvalue weighted by Crippen LogP contribution is 2.34. The highest BCUT2D eigenvalue weighted by Gasteiger charge is 2.17. The lowest BCUT2D eigenvalue weighted by Crippen LogP contribution is -2.17. The maximum absolute atomic E-state index is 12.2. The third kappa shape index (κ3) is 6.27. The Morgan fingerprint density at radius 3 is 2.85 bits per heavy atom. The number of aromatic nitrogens is 1. The molecule has 0 radical (unpaired) electrons. The lowest BCUT2D eigenvalue weighted by Gasteiger charge is -2.06. The molecule has 9 heteroatoms. The maximum Gasteiger partial charge on any atom is 0.226 e. The van der Waals surface area contributed by atoms with E-state index in [0.29, 0.717) is 24.0 Å². The quantitative estimate of drug-likeness (QED) is 0.629. The molecule has 2 amide bonds. The second kappa shape index (κ2) is 10.2. The van der Waals surface area contributed by atoms with Crippen LogP contribution < -0.4 is 16.0 Å². The topological polar surface area (TPSA) is 83.1 Å². The van der Waals surface area contributed by atoms with Crippen LogP contribution in [0, 0.1) is 12.8 Å². The number of nitrogens with one attached hydrogen (secondary N) is 3. The van der Waals surface area contributed by atoms with Crippen LogP contribution in [0.1, 0.15) is 35.9 Å². The van der Waals surface area contributed by atoms with Gasteiger partial charge in [-0.15, -0.1) is 35.1 Å². The molecule has 6 nitrogen and oxygen atoms in total. The summed E-state index contributed by atoms with van der Waals surface area (Å²) in [6.45, 7) is 6.14. The Morgan fingerprint density at radius 1 is 1.33 bits per heavy atom. The largest absolute Gasteiger partial charge is 0.351 e. The molecule has 0 spiro atoms. The summed E-state index contributed by atoms with van der Waals surface area (Å²) in [4.78, 5) is 31.0. The lowest BCUT2D eigenvalue weighted by atomic mass is 10.0. The lowest BCUT2D eigenvalue weighted by molar-refractivity contribution is -0.119. The molecule has 3 N–H and O–H groups in total. The zero-order valence-corrected chi connectivity index (χ0v) is 17.9. The number of rotatable bonds is 7. The Bertz CT molecular complexity index is 784. The average molecular weight is 429 g/mol. The van der Waals surface area contributed by atoms with Crippen molar-refractivity contribution in [2.75, 3.05) is 18.4 Å². The van der Waals surface area contributed by atoms with Crippen molar-refractivity contribution in [1.29, 1.82) is 0 Å². The SMILES string of the molecule is CC(=O)NCc1ccc(-c2nc(NC(=O)CCC3CCNC3)sc2C)s1.Cl. The highest BCUT2D eigenvalue weighted by molar-refractivity contribution is 7.18. The Morgan fingerprint density at radius 2 is 2.15 bits per heavy atom. The van der Waals surface area contributed by atoms with Gasteiger partial charge in [0.1, 0.15) is 0 Å². The molecule has 1 aliphatic rings. The van der Waals surface area contributed by atoms with Crippen molar-refractivity contribution in [1.82, 2.24) is 15.6 Å². The van der Waals surface area contributed by atoms with Crippen LogP contribution in [-0.2, 0) is 16.1 Å². The van der Waals surface area contributed by atoms with Gasteiger partial charge in [-0.3, -0.25) is 9.59 Å². The van der Waals surface area contributed by atoms with E-state index in [2.05, 4.69) is 20.9 Å². The van der Waals surface area contributed by atoms with Crippen molar-refractivity contribution in [2.45, 2.75) is 39.7 Å². The maximum atomic E-state index is 12.2. The molecule has 3 rings (SSSR count). The van der Waals surface area contributed by atoms with Gasteiger partial charge in [0.2, 0.25) is 11.8 Å². The predicted molar refractivity (Wildman–Crippen MR) is 114 cm³/mol. The minimum absolute atomic E-state index is 0. The first kappa shape index (κ1) is 21.8. The number of hydrogen-bond donors (Lipinski definition) is 3. The molecule has 1 unspecified atom stereocenters. The Hall–Kier alpha value is -1.48. The number of thiazole rings is 1. The normalized spacial score (nSPS) is 16.0. The summed E-state index contributed by atoms with van der Waals surface area (Å²) in [5, 5.41) is 9.73. The van der Waals surface area contributed by atoms with Crippen LogP contribution in [0.4, 0.5) is 5.13 Å². The molecule has 1 fully saturated rings. The summed E-state index contributed by atoms with van der Waals surface area (Å²) >= 11 is 3.12. The number of carbonyl (C=O) groups is 2. The van der Waals surface area contributed by atoms with Gasteiger partial charge in [0.15, 0.2) is 5.13 Å². The summed E-state index contributed by atoms with van der Waals surface area (Å²) in [6.07, 6.45) is 2.63. The number of aryl methyl sites for hydroxylation is 1. The van der Waals surface area contributed by atoms with Crippen molar-refractivity contribution < 1.29 is 9.59 Å². The first-order valence-corrected chi connectivity index (χ1v) is 10.5. The Labute approximate surface area is 173 Å². The number of thiophene rings is 1. The number of nitrogens with zero attached hydrogens (tertiary/aromatic N) is 1. The summed E-state index contributed by atoms with van der Waals surface area (Å²) in [5.41, 5.74) is 0.907. The molecule has 0 aromatic carbocycles. The molecule has 0 aliphatic carbocycles. The van der Waals surface area contributed by atoms with E-state index < -0.39 is 0 Å². The smallest absolute Gasteiger partial charge is 0.226 e. The minimum atomic E-state index is -0.0387. The number of halogens is 1. The third-order valence-corrected chi connectivity index (χ3v) is 6.37. The Balaban J connectivity index is 0.00000261. The van der Waals surface area contributed by atoms with Gasteiger partial charge in [-0.25, -0.2) is 4.98 Å². The van der Waals surface area contributed by atoms with Crippen molar-refractivity contribution in [2.24, 2.45) is 5.92 Å². The van der Waals surface area contributed by atoms with Crippen molar-refractivity contribution in [3.8, 4) is 10.6 Å². The summed E-state index contributed by atoms with van der Waals surface area (Å²) in [6, 6.07) is 4.02. The van der Waals surface area contributed by atoms with Crippen LogP contribution >= 0.6 is 35.1 Å².